The lowest BCUT2D eigenvalue weighted by Crippen LogP contribution is -2.39. The van der Waals surface area contributed by atoms with Crippen molar-refractivity contribution in [2.75, 3.05) is 19.7 Å². The third kappa shape index (κ3) is 4.69. The zero-order valence-electron chi connectivity index (χ0n) is 17.0. The van der Waals surface area contributed by atoms with Crippen molar-refractivity contribution in [1.82, 2.24) is 9.88 Å². The van der Waals surface area contributed by atoms with Crippen LogP contribution in [0.5, 0.6) is 5.75 Å². The minimum atomic E-state index is -0.202. The van der Waals surface area contributed by atoms with Gasteiger partial charge in [0.25, 0.3) is 0 Å². The molecular weight excluding hydrogens is 321 g/mol. The molecule has 1 saturated heterocycles. The van der Waals surface area contributed by atoms with Gasteiger partial charge in [-0.05, 0) is 43.9 Å². The summed E-state index contributed by atoms with van der Waals surface area (Å²) < 4.78 is 12.3. The van der Waals surface area contributed by atoms with Crippen LogP contribution in [0.4, 0.5) is 0 Å². The summed E-state index contributed by atoms with van der Waals surface area (Å²) in [6.45, 7) is 8.31. The summed E-state index contributed by atoms with van der Waals surface area (Å²) in [5, 5.41) is 1.08. The van der Waals surface area contributed by atoms with Crippen LogP contribution < -0.4 is 4.74 Å². The van der Waals surface area contributed by atoms with E-state index in [1.165, 1.54) is 22.0 Å². The molecule has 26 heavy (non-hydrogen) atoms. The van der Waals surface area contributed by atoms with Crippen molar-refractivity contribution in [3.8, 4) is 5.75 Å². The SMILES string of the molecule is BC(B)(B)Oc1cc(C)c2[nH]ccc2c1CN1CCC(OCCC)CC1. The van der Waals surface area contributed by atoms with Crippen molar-refractivity contribution < 1.29 is 9.47 Å². The van der Waals surface area contributed by atoms with Crippen LogP contribution >= 0.6 is 0 Å². The Morgan fingerprint density at radius 3 is 2.65 bits per heavy atom. The molecule has 0 radical (unpaired) electrons. The Balaban J connectivity index is 1.79. The number of ether oxygens (including phenoxy) is 2. The topological polar surface area (TPSA) is 37.5 Å². The summed E-state index contributed by atoms with van der Waals surface area (Å²) in [5.74, 6) is 1.02. The first-order chi connectivity index (χ1) is 12.4. The highest BCUT2D eigenvalue weighted by atomic mass is 16.5. The Morgan fingerprint density at radius 2 is 2.00 bits per heavy atom. The molecule has 2 aromatic rings. The third-order valence-electron chi connectivity index (χ3n) is 5.00. The monoisotopic (exact) mass is 352 g/mol. The predicted octanol–water partition coefficient (Wildman–Crippen LogP) is 0.757. The fourth-order valence-corrected chi connectivity index (χ4v) is 3.76. The largest absolute Gasteiger partial charge is 0.513 e. The van der Waals surface area contributed by atoms with Crippen LogP contribution in [0.3, 0.4) is 0 Å². The standard InChI is InChI=1S/C19H31B3N2O2/c1-3-10-25-14-5-8-24(9-6-14)12-16-15-4-7-23-18(15)13(2)11-17(16)26-19(20,21)22/h4,7,11,14,23H,3,5-6,8-10,12,20-22H2,1-2H3. The minimum Gasteiger partial charge on any atom is -0.513 e. The maximum absolute atomic E-state index is 6.34. The van der Waals surface area contributed by atoms with E-state index in [1.54, 1.807) is 0 Å². The van der Waals surface area contributed by atoms with Gasteiger partial charge in [0.15, 0.2) is 0 Å². The van der Waals surface area contributed by atoms with Gasteiger partial charge in [0.1, 0.15) is 29.3 Å². The summed E-state index contributed by atoms with van der Waals surface area (Å²) in [6, 6.07) is 4.38. The van der Waals surface area contributed by atoms with Crippen LogP contribution in [0.15, 0.2) is 18.3 Å². The molecule has 1 aliphatic rings. The van der Waals surface area contributed by atoms with Crippen molar-refractivity contribution in [1.29, 1.82) is 0 Å². The lowest BCUT2D eigenvalue weighted by molar-refractivity contribution is 0.00621. The second-order valence-electron chi connectivity index (χ2n) is 8.50. The number of likely N-dealkylation sites (tertiary alicyclic amines) is 1. The number of nitrogens with one attached hydrogen (secondary N) is 1. The van der Waals surface area contributed by atoms with Crippen LogP contribution in [-0.4, -0.2) is 64.5 Å². The lowest BCUT2D eigenvalue weighted by Gasteiger charge is -2.33. The number of hydrogen-bond acceptors (Lipinski definition) is 3. The molecule has 0 unspecified atom stereocenters. The molecular formula is C19H31B3N2O2. The van der Waals surface area contributed by atoms with Gasteiger partial charge in [-0.1, -0.05) is 6.92 Å². The van der Waals surface area contributed by atoms with Crippen LogP contribution in [0, 0.1) is 6.92 Å². The van der Waals surface area contributed by atoms with Crippen molar-refractivity contribution in [2.24, 2.45) is 0 Å². The van der Waals surface area contributed by atoms with Crippen LogP contribution in [-0.2, 0) is 11.3 Å². The van der Waals surface area contributed by atoms with Crippen molar-refractivity contribution in [2.45, 2.75) is 51.1 Å². The molecule has 0 saturated carbocycles. The van der Waals surface area contributed by atoms with E-state index >= 15 is 0 Å². The average molecular weight is 352 g/mol. The van der Waals surface area contributed by atoms with Crippen LogP contribution in [0.1, 0.15) is 37.3 Å². The van der Waals surface area contributed by atoms with E-state index in [-0.39, 0.29) is 5.30 Å². The molecule has 1 N–H and O–H groups in total. The molecule has 138 valence electrons. The van der Waals surface area contributed by atoms with Gasteiger partial charge in [0.05, 0.1) is 6.10 Å². The maximum atomic E-state index is 6.34. The van der Waals surface area contributed by atoms with E-state index in [2.05, 4.69) is 59.4 Å². The molecule has 3 rings (SSSR count). The summed E-state index contributed by atoms with van der Waals surface area (Å²) in [5.41, 5.74) is 3.76. The number of benzene rings is 1. The van der Waals surface area contributed by atoms with E-state index in [0.717, 1.165) is 51.3 Å². The van der Waals surface area contributed by atoms with Gasteiger partial charge >= 0.3 is 0 Å². The Hall–Kier alpha value is -1.33. The number of rotatable bonds is 7. The van der Waals surface area contributed by atoms with Crippen molar-refractivity contribution in [3.05, 3.63) is 29.5 Å². The molecule has 4 nitrogen and oxygen atoms in total. The quantitative estimate of drug-likeness (QED) is 0.748. The first-order valence-corrected chi connectivity index (χ1v) is 10.00. The maximum Gasteiger partial charge on any atom is 0.135 e. The van der Waals surface area contributed by atoms with E-state index in [0.29, 0.717) is 6.10 Å². The molecule has 0 atom stereocenters. The molecule has 0 spiro atoms. The minimum absolute atomic E-state index is 0.202. The number of H-pyrrole nitrogens is 1. The van der Waals surface area contributed by atoms with Gasteiger partial charge in [-0.25, -0.2) is 0 Å². The molecule has 0 aliphatic carbocycles. The predicted molar refractivity (Wildman–Crippen MR) is 117 cm³/mol. The smallest absolute Gasteiger partial charge is 0.135 e. The van der Waals surface area contributed by atoms with Gasteiger partial charge in [0, 0.05) is 54.2 Å². The van der Waals surface area contributed by atoms with Crippen molar-refractivity contribution >= 4 is 34.4 Å². The number of nitrogens with zero attached hydrogens (tertiary/aromatic N) is 1. The average Bonchev–Trinajstić information content (AvgIpc) is 3.06. The summed E-state index contributed by atoms with van der Waals surface area (Å²) in [6.07, 6.45) is 5.81. The molecule has 1 fully saturated rings. The van der Waals surface area contributed by atoms with Gasteiger partial charge in [-0.2, -0.15) is 0 Å². The highest BCUT2D eigenvalue weighted by Crippen LogP contribution is 2.33. The molecule has 2 heterocycles. The molecule has 1 aliphatic heterocycles. The normalized spacial score (nSPS) is 17.0. The zero-order valence-corrected chi connectivity index (χ0v) is 17.0. The Bertz CT molecular complexity index is 734. The molecule has 7 heteroatoms. The number of hydrogen-bond donors (Lipinski definition) is 1. The highest BCUT2D eigenvalue weighted by molar-refractivity contribution is 6.58. The first-order valence-electron chi connectivity index (χ1n) is 10.00. The second kappa shape index (κ2) is 8.14. The van der Waals surface area contributed by atoms with Crippen molar-refractivity contribution in [3.63, 3.8) is 0 Å². The molecule has 1 aromatic heterocycles. The summed E-state index contributed by atoms with van der Waals surface area (Å²) >= 11 is 0. The fraction of sp³-hybridized carbons (Fsp3) is 0.579. The second-order valence-corrected chi connectivity index (χ2v) is 8.50. The zero-order chi connectivity index (χ0) is 18.7. The van der Waals surface area contributed by atoms with Gasteiger partial charge < -0.3 is 14.5 Å². The molecule has 0 bridgehead atoms. The number of fused-ring (bicyclic) bond motifs is 1. The van der Waals surface area contributed by atoms with E-state index in [1.807, 2.05) is 6.20 Å². The van der Waals surface area contributed by atoms with Crippen LogP contribution in [0.2, 0.25) is 0 Å². The van der Waals surface area contributed by atoms with E-state index in [9.17, 15) is 0 Å². The van der Waals surface area contributed by atoms with Gasteiger partial charge in [0.2, 0.25) is 0 Å². The van der Waals surface area contributed by atoms with E-state index < -0.39 is 0 Å². The van der Waals surface area contributed by atoms with Crippen LogP contribution in [0.25, 0.3) is 10.9 Å². The Kier molecular flexibility index (Phi) is 6.08. The Morgan fingerprint density at radius 1 is 1.27 bits per heavy atom. The lowest BCUT2D eigenvalue weighted by atomic mass is 9.52. The van der Waals surface area contributed by atoms with Gasteiger partial charge in [-0.15, -0.1) is 0 Å². The number of piperidine rings is 1. The summed E-state index contributed by atoms with van der Waals surface area (Å²) in [4.78, 5) is 5.93. The highest BCUT2D eigenvalue weighted by Gasteiger charge is 2.23. The molecule has 1 aromatic carbocycles. The first kappa shape index (κ1) is 19.4. The molecule has 0 amide bonds. The third-order valence-corrected chi connectivity index (χ3v) is 5.00. The Labute approximate surface area is 160 Å². The summed E-state index contributed by atoms with van der Waals surface area (Å²) in [7, 11) is 6.35. The number of aromatic nitrogens is 1. The fourth-order valence-electron chi connectivity index (χ4n) is 3.76. The number of aryl methyl sites for hydroxylation is 1. The van der Waals surface area contributed by atoms with E-state index in [4.69, 9.17) is 9.47 Å². The van der Waals surface area contributed by atoms with Gasteiger partial charge in [-0.3, -0.25) is 4.90 Å². The number of aromatic amines is 1.